The lowest BCUT2D eigenvalue weighted by molar-refractivity contribution is 0.0644. The van der Waals surface area contributed by atoms with Crippen LogP contribution in [0.5, 0.6) is 0 Å². The molecule has 0 saturated heterocycles. The van der Waals surface area contributed by atoms with Crippen molar-refractivity contribution in [3.05, 3.63) is 35.4 Å². The largest absolute Gasteiger partial charge is 0.392 e. The Morgan fingerprint density at radius 2 is 1.88 bits per heavy atom. The Bertz CT molecular complexity index is 287. The molecule has 3 N–H and O–H groups in total. The van der Waals surface area contributed by atoms with Crippen LogP contribution in [0.2, 0.25) is 0 Å². The van der Waals surface area contributed by atoms with Crippen molar-refractivity contribution < 1.29 is 14.9 Å². The lowest BCUT2D eigenvalue weighted by Crippen LogP contribution is -2.29. The fourth-order valence-electron chi connectivity index (χ4n) is 1.40. The van der Waals surface area contributed by atoms with Crippen LogP contribution in [-0.2, 0) is 17.9 Å². The quantitative estimate of drug-likeness (QED) is 0.623. The number of nitrogens with one attached hydrogen (secondary N) is 1. The molecule has 1 unspecified atom stereocenters. The van der Waals surface area contributed by atoms with Crippen LogP contribution >= 0.6 is 0 Å². The molecule has 90 valence electrons. The third-order valence-electron chi connectivity index (χ3n) is 2.27. The summed E-state index contributed by atoms with van der Waals surface area (Å²) in [6, 6.07) is 7.70. The van der Waals surface area contributed by atoms with Gasteiger partial charge in [-0.25, -0.2) is 0 Å². The Hall–Kier alpha value is -0.940. The number of aliphatic hydroxyl groups is 2. The van der Waals surface area contributed by atoms with Crippen LogP contribution in [0.3, 0.4) is 0 Å². The van der Waals surface area contributed by atoms with Crippen molar-refractivity contribution in [3.8, 4) is 0 Å². The summed E-state index contributed by atoms with van der Waals surface area (Å²) in [4.78, 5) is 0. The lowest BCUT2D eigenvalue weighted by atomic mass is 10.1. The third kappa shape index (κ3) is 4.72. The van der Waals surface area contributed by atoms with Gasteiger partial charge in [0.25, 0.3) is 0 Å². The van der Waals surface area contributed by atoms with Crippen LogP contribution in [0.25, 0.3) is 0 Å². The van der Waals surface area contributed by atoms with E-state index in [9.17, 15) is 5.11 Å². The zero-order valence-corrected chi connectivity index (χ0v) is 9.52. The molecule has 4 heteroatoms. The number of hydrogen-bond donors (Lipinski definition) is 3. The molecule has 0 aliphatic rings. The van der Waals surface area contributed by atoms with Crippen LogP contribution in [0.15, 0.2) is 24.3 Å². The van der Waals surface area contributed by atoms with Crippen molar-refractivity contribution in [1.82, 2.24) is 5.32 Å². The van der Waals surface area contributed by atoms with Gasteiger partial charge in [0.05, 0.1) is 19.3 Å². The molecule has 1 atom stereocenters. The van der Waals surface area contributed by atoms with Gasteiger partial charge in [-0.05, 0) is 11.1 Å². The maximum Gasteiger partial charge on any atom is 0.0897 e. The van der Waals surface area contributed by atoms with Crippen LogP contribution in [0, 0.1) is 0 Å². The monoisotopic (exact) mass is 225 g/mol. The van der Waals surface area contributed by atoms with E-state index in [1.165, 1.54) is 0 Å². The number of ether oxygens (including phenoxy) is 1. The lowest BCUT2D eigenvalue weighted by Gasteiger charge is -2.10. The maximum atomic E-state index is 9.39. The van der Waals surface area contributed by atoms with E-state index in [0.717, 1.165) is 11.1 Å². The molecule has 0 spiro atoms. The molecule has 0 heterocycles. The van der Waals surface area contributed by atoms with Crippen molar-refractivity contribution in [1.29, 1.82) is 0 Å². The van der Waals surface area contributed by atoms with Crippen molar-refractivity contribution in [3.63, 3.8) is 0 Å². The summed E-state index contributed by atoms with van der Waals surface area (Å²) < 4.78 is 4.82. The van der Waals surface area contributed by atoms with Crippen LogP contribution in [0.1, 0.15) is 11.1 Å². The molecule has 16 heavy (non-hydrogen) atoms. The van der Waals surface area contributed by atoms with Crippen molar-refractivity contribution in [2.75, 3.05) is 20.3 Å². The first-order chi connectivity index (χ1) is 7.76. The smallest absolute Gasteiger partial charge is 0.0897 e. The molecule has 1 rings (SSSR count). The molecule has 1 aromatic carbocycles. The average molecular weight is 225 g/mol. The van der Waals surface area contributed by atoms with Gasteiger partial charge in [-0.1, -0.05) is 24.3 Å². The number of aliphatic hydroxyl groups excluding tert-OH is 2. The van der Waals surface area contributed by atoms with Gasteiger partial charge in [0.2, 0.25) is 0 Å². The van der Waals surface area contributed by atoms with Crippen LogP contribution in [-0.4, -0.2) is 36.6 Å². The number of rotatable bonds is 7. The summed E-state index contributed by atoms with van der Waals surface area (Å²) in [6.07, 6.45) is -0.471. The SMILES string of the molecule is COCC(O)CNCc1ccc(CO)cc1. The molecule has 0 fully saturated rings. The molecule has 0 radical (unpaired) electrons. The Kier molecular flexibility index (Phi) is 6.03. The predicted molar refractivity (Wildman–Crippen MR) is 62.0 cm³/mol. The van der Waals surface area contributed by atoms with Gasteiger partial charge < -0.3 is 20.3 Å². The highest BCUT2D eigenvalue weighted by molar-refractivity contribution is 5.21. The van der Waals surface area contributed by atoms with E-state index in [2.05, 4.69) is 5.32 Å². The summed E-state index contributed by atoms with van der Waals surface area (Å²) in [5.41, 5.74) is 2.03. The van der Waals surface area contributed by atoms with Crippen molar-refractivity contribution in [2.24, 2.45) is 0 Å². The fourth-order valence-corrected chi connectivity index (χ4v) is 1.40. The van der Waals surface area contributed by atoms with Gasteiger partial charge in [-0.3, -0.25) is 0 Å². The number of benzene rings is 1. The zero-order chi connectivity index (χ0) is 11.8. The van der Waals surface area contributed by atoms with E-state index >= 15 is 0 Å². The second-order valence-corrected chi connectivity index (χ2v) is 3.71. The molecular weight excluding hydrogens is 206 g/mol. The highest BCUT2D eigenvalue weighted by Crippen LogP contribution is 2.03. The molecule has 0 bridgehead atoms. The summed E-state index contributed by atoms with van der Waals surface area (Å²) in [6.45, 7) is 1.62. The summed E-state index contributed by atoms with van der Waals surface area (Å²) in [5.74, 6) is 0. The Labute approximate surface area is 95.9 Å². The molecule has 0 saturated carbocycles. The Morgan fingerprint density at radius 3 is 2.44 bits per heavy atom. The van der Waals surface area contributed by atoms with Crippen molar-refractivity contribution >= 4 is 0 Å². The molecule has 0 amide bonds. The summed E-state index contributed by atoms with van der Waals surface area (Å²) >= 11 is 0. The van der Waals surface area contributed by atoms with E-state index in [1.807, 2.05) is 24.3 Å². The minimum absolute atomic E-state index is 0.0697. The van der Waals surface area contributed by atoms with Gasteiger partial charge in [0.15, 0.2) is 0 Å². The van der Waals surface area contributed by atoms with Crippen LogP contribution in [0.4, 0.5) is 0 Å². The first kappa shape index (κ1) is 13.1. The first-order valence-electron chi connectivity index (χ1n) is 5.32. The number of methoxy groups -OCH3 is 1. The minimum Gasteiger partial charge on any atom is -0.392 e. The molecule has 1 aromatic rings. The van der Waals surface area contributed by atoms with E-state index in [4.69, 9.17) is 9.84 Å². The van der Waals surface area contributed by atoms with E-state index in [0.29, 0.717) is 19.7 Å². The van der Waals surface area contributed by atoms with E-state index in [1.54, 1.807) is 7.11 Å². The average Bonchev–Trinajstić information content (AvgIpc) is 2.30. The fraction of sp³-hybridized carbons (Fsp3) is 0.500. The van der Waals surface area contributed by atoms with Crippen molar-refractivity contribution in [2.45, 2.75) is 19.3 Å². The van der Waals surface area contributed by atoms with Gasteiger partial charge in [0, 0.05) is 20.2 Å². The number of hydrogen-bond acceptors (Lipinski definition) is 4. The molecular formula is C12H19NO3. The molecule has 0 aliphatic carbocycles. The second kappa shape index (κ2) is 7.35. The van der Waals surface area contributed by atoms with Gasteiger partial charge >= 0.3 is 0 Å². The summed E-state index contributed by atoms with van der Waals surface area (Å²) in [7, 11) is 1.57. The van der Waals surface area contributed by atoms with E-state index < -0.39 is 6.10 Å². The highest BCUT2D eigenvalue weighted by Gasteiger charge is 2.02. The summed E-state index contributed by atoms with van der Waals surface area (Å²) in [5, 5.41) is 21.4. The Balaban J connectivity index is 2.26. The molecule has 4 nitrogen and oxygen atoms in total. The van der Waals surface area contributed by atoms with Gasteiger partial charge in [0.1, 0.15) is 0 Å². The van der Waals surface area contributed by atoms with E-state index in [-0.39, 0.29) is 6.61 Å². The predicted octanol–water partition coefficient (Wildman–Crippen LogP) is 0.276. The standard InChI is InChI=1S/C12H19NO3/c1-16-9-12(15)7-13-6-10-2-4-11(8-14)5-3-10/h2-5,12-15H,6-9H2,1H3. The molecule has 0 aliphatic heterocycles. The topological polar surface area (TPSA) is 61.7 Å². The zero-order valence-electron chi connectivity index (χ0n) is 9.52. The normalized spacial score (nSPS) is 12.7. The van der Waals surface area contributed by atoms with Gasteiger partial charge in [-0.2, -0.15) is 0 Å². The Morgan fingerprint density at radius 1 is 1.25 bits per heavy atom. The van der Waals surface area contributed by atoms with Crippen LogP contribution < -0.4 is 5.32 Å². The molecule has 0 aromatic heterocycles. The highest BCUT2D eigenvalue weighted by atomic mass is 16.5. The maximum absolute atomic E-state index is 9.39. The van der Waals surface area contributed by atoms with Gasteiger partial charge in [-0.15, -0.1) is 0 Å². The first-order valence-corrected chi connectivity index (χ1v) is 5.32. The second-order valence-electron chi connectivity index (χ2n) is 3.71. The third-order valence-corrected chi connectivity index (χ3v) is 2.27. The minimum atomic E-state index is -0.471.